The highest BCUT2D eigenvalue weighted by molar-refractivity contribution is 5.80. The lowest BCUT2D eigenvalue weighted by atomic mass is 9.90. The Morgan fingerprint density at radius 1 is 0.818 bits per heavy atom. The number of likely N-dealkylation sites (tertiary alicyclic amines) is 1. The number of hydrogen-bond acceptors (Lipinski definition) is 3. The molecule has 1 aliphatic rings. The zero-order valence-electron chi connectivity index (χ0n) is 20.6. The Kier molecular flexibility index (Phi) is 7.52. The third kappa shape index (κ3) is 5.15. The molecule has 0 bridgehead atoms. The fraction of sp³-hybridized carbons (Fsp3) is 0.400. The Morgan fingerprint density at radius 2 is 1.42 bits per heavy atom. The molecule has 2 atom stereocenters. The molecule has 33 heavy (non-hydrogen) atoms. The van der Waals surface area contributed by atoms with Crippen LogP contribution in [0.5, 0.6) is 5.75 Å². The second-order valence-electron chi connectivity index (χ2n) is 9.52. The lowest BCUT2D eigenvalue weighted by Crippen LogP contribution is -2.34. The summed E-state index contributed by atoms with van der Waals surface area (Å²) in [5, 5.41) is 0. The van der Waals surface area contributed by atoms with Gasteiger partial charge in [0.25, 0.3) is 0 Å². The Morgan fingerprint density at radius 3 is 2.09 bits per heavy atom. The number of benzene rings is 3. The van der Waals surface area contributed by atoms with Crippen LogP contribution in [-0.2, 0) is 6.54 Å². The number of nitrogens with two attached hydrogens (primary N) is 1. The monoisotopic (exact) mass is 442 g/mol. The van der Waals surface area contributed by atoms with E-state index in [-0.39, 0.29) is 0 Å². The van der Waals surface area contributed by atoms with Gasteiger partial charge in [0.15, 0.2) is 0 Å². The van der Waals surface area contributed by atoms with E-state index >= 15 is 0 Å². The minimum Gasteiger partial charge on any atom is -0.493 e. The average Bonchev–Trinajstić information content (AvgIpc) is 3.15. The van der Waals surface area contributed by atoms with Crippen LogP contribution in [0.4, 0.5) is 0 Å². The van der Waals surface area contributed by atoms with E-state index in [1.807, 2.05) is 0 Å². The maximum atomic E-state index is 6.27. The first-order valence-electron chi connectivity index (χ1n) is 12.4. The predicted octanol–water partition coefficient (Wildman–Crippen LogP) is 6.74. The van der Waals surface area contributed by atoms with E-state index in [0.717, 1.165) is 30.9 Å². The Hall–Kier alpha value is -2.62. The molecule has 1 saturated heterocycles. The molecule has 174 valence electrons. The van der Waals surface area contributed by atoms with E-state index in [2.05, 4.69) is 93.3 Å². The van der Waals surface area contributed by atoms with E-state index in [4.69, 9.17) is 10.5 Å². The van der Waals surface area contributed by atoms with Crippen LogP contribution in [0.3, 0.4) is 0 Å². The maximum absolute atomic E-state index is 6.27. The van der Waals surface area contributed by atoms with Crippen LogP contribution >= 0.6 is 0 Å². The SMILES string of the molecule is Cc1c(OCCCN2[C@H](C)CC[C@H]2C)cccc1-c1cccc(-c2ccc(CN)cc2)c1C. The summed E-state index contributed by atoms with van der Waals surface area (Å²) in [6, 6.07) is 23.0. The summed E-state index contributed by atoms with van der Waals surface area (Å²) < 4.78 is 6.27. The average molecular weight is 443 g/mol. The molecule has 0 aliphatic carbocycles. The summed E-state index contributed by atoms with van der Waals surface area (Å²) in [4.78, 5) is 2.63. The second kappa shape index (κ2) is 10.5. The Labute approximate surface area is 199 Å². The van der Waals surface area contributed by atoms with Crippen molar-refractivity contribution < 1.29 is 4.74 Å². The number of ether oxygens (including phenoxy) is 1. The summed E-state index contributed by atoms with van der Waals surface area (Å²) in [5.41, 5.74) is 14.4. The van der Waals surface area contributed by atoms with Crippen LogP contribution < -0.4 is 10.5 Å². The molecule has 1 fully saturated rings. The topological polar surface area (TPSA) is 38.5 Å². The highest BCUT2D eigenvalue weighted by Gasteiger charge is 2.26. The van der Waals surface area contributed by atoms with Crippen molar-refractivity contribution in [2.75, 3.05) is 13.2 Å². The minimum atomic E-state index is 0.571. The van der Waals surface area contributed by atoms with Crippen molar-refractivity contribution in [2.45, 2.75) is 65.6 Å². The van der Waals surface area contributed by atoms with Crippen LogP contribution in [0.1, 0.15) is 49.8 Å². The van der Waals surface area contributed by atoms with Gasteiger partial charge >= 0.3 is 0 Å². The first-order chi connectivity index (χ1) is 16.0. The van der Waals surface area contributed by atoms with E-state index in [1.165, 1.54) is 46.2 Å². The molecular weight excluding hydrogens is 404 g/mol. The molecule has 3 aromatic rings. The molecule has 3 aromatic carbocycles. The summed E-state index contributed by atoms with van der Waals surface area (Å²) in [7, 11) is 0. The zero-order chi connectivity index (χ0) is 23.4. The highest BCUT2D eigenvalue weighted by atomic mass is 16.5. The normalized spacial score (nSPS) is 18.6. The van der Waals surface area contributed by atoms with Gasteiger partial charge in [0.05, 0.1) is 6.61 Å². The van der Waals surface area contributed by atoms with Crippen LogP contribution in [-0.4, -0.2) is 30.1 Å². The third-order valence-electron chi connectivity index (χ3n) is 7.36. The maximum Gasteiger partial charge on any atom is 0.122 e. The molecule has 1 aliphatic heterocycles. The Bertz CT molecular complexity index is 1060. The molecule has 0 spiro atoms. The molecule has 3 nitrogen and oxygen atoms in total. The Balaban J connectivity index is 1.50. The molecule has 2 N–H and O–H groups in total. The van der Waals surface area contributed by atoms with Gasteiger partial charge in [0.1, 0.15) is 5.75 Å². The van der Waals surface area contributed by atoms with E-state index in [9.17, 15) is 0 Å². The summed E-state index contributed by atoms with van der Waals surface area (Å²) in [6.45, 7) is 11.5. The number of hydrogen-bond donors (Lipinski definition) is 1. The van der Waals surface area contributed by atoms with E-state index < -0.39 is 0 Å². The minimum absolute atomic E-state index is 0.571. The lowest BCUT2D eigenvalue weighted by molar-refractivity contribution is 0.191. The van der Waals surface area contributed by atoms with Crippen molar-refractivity contribution in [1.82, 2.24) is 4.90 Å². The van der Waals surface area contributed by atoms with Crippen molar-refractivity contribution in [2.24, 2.45) is 5.73 Å². The fourth-order valence-corrected chi connectivity index (χ4v) is 5.24. The van der Waals surface area contributed by atoms with Gasteiger partial charge in [0.2, 0.25) is 0 Å². The first kappa shape index (κ1) is 23.5. The van der Waals surface area contributed by atoms with Gasteiger partial charge in [-0.3, -0.25) is 4.90 Å². The van der Waals surface area contributed by atoms with Crippen molar-refractivity contribution in [3.63, 3.8) is 0 Å². The van der Waals surface area contributed by atoms with Crippen molar-refractivity contribution >= 4 is 0 Å². The smallest absolute Gasteiger partial charge is 0.122 e. The molecule has 0 amide bonds. The fourth-order valence-electron chi connectivity index (χ4n) is 5.24. The number of nitrogens with zero attached hydrogens (tertiary/aromatic N) is 1. The molecule has 0 unspecified atom stereocenters. The summed E-state index contributed by atoms with van der Waals surface area (Å²) in [5.74, 6) is 0.993. The molecule has 0 aromatic heterocycles. The van der Waals surface area contributed by atoms with E-state index in [1.54, 1.807) is 0 Å². The van der Waals surface area contributed by atoms with Crippen molar-refractivity contribution in [3.05, 3.63) is 77.4 Å². The quantitative estimate of drug-likeness (QED) is 0.393. The van der Waals surface area contributed by atoms with Gasteiger partial charge in [-0.1, -0.05) is 54.6 Å². The molecule has 4 rings (SSSR count). The second-order valence-corrected chi connectivity index (χ2v) is 9.52. The van der Waals surface area contributed by atoms with Gasteiger partial charge in [0, 0.05) is 25.2 Å². The number of rotatable bonds is 8. The van der Waals surface area contributed by atoms with Crippen molar-refractivity contribution in [1.29, 1.82) is 0 Å². The molecule has 1 heterocycles. The predicted molar refractivity (Wildman–Crippen MR) is 140 cm³/mol. The summed E-state index contributed by atoms with van der Waals surface area (Å²) in [6.07, 6.45) is 3.70. The molecular formula is C30H38N2O. The van der Waals surface area contributed by atoms with Crippen LogP contribution in [0.2, 0.25) is 0 Å². The van der Waals surface area contributed by atoms with Gasteiger partial charge in [-0.2, -0.15) is 0 Å². The van der Waals surface area contributed by atoms with Gasteiger partial charge < -0.3 is 10.5 Å². The van der Waals surface area contributed by atoms with Gasteiger partial charge in [-0.15, -0.1) is 0 Å². The molecule has 3 heteroatoms. The highest BCUT2D eigenvalue weighted by Crippen LogP contribution is 2.36. The van der Waals surface area contributed by atoms with Crippen LogP contribution in [0.15, 0.2) is 60.7 Å². The standard InChI is InChI=1S/C30H38N2O/c1-21-12-13-22(2)32(21)18-7-19-33-30-11-6-10-29(24(30)4)28-9-5-8-27(23(28)3)26-16-14-25(20-31)15-17-26/h5-6,8-11,14-17,21-22H,7,12-13,18-20,31H2,1-4H3/t21-,22-/m1/s1. The van der Waals surface area contributed by atoms with Crippen molar-refractivity contribution in [3.8, 4) is 28.0 Å². The van der Waals surface area contributed by atoms with Gasteiger partial charge in [-0.25, -0.2) is 0 Å². The lowest BCUT2D eigenvalue weighted by Gasteiger charge is -2.25. The summed E-state index contributed by atoms with van der Waals surface area (Å²) >= 11 is 0. The molecule has 0 radical (unpaired) electrons. The first-order valence-corrected chi connectivity index (χ1v) is 12.4. The zero-order valence-corrected chi connectivity index (χ0v) is 20.6. The van der Waals surface area contributed by atoms with Crippen LogP contribution in [0.25, 0.3) is 22.3 Å². The van der Waals surface area contributed by atoms with Gasteiger partial charge in [-0.05, 0) is 92.0 Å². The molecule has 0 saturated carbocycles. The third-order valence-corrected chi connectivity index (χ3v) is 7.36. The van der Waals surface area contributed by atoms with Crippen LogP contribution in [0, 0.1) is 13.8 Å². The largest absolute Gasteiger partial charge is 0.493 e. The van der Waals surface area contributed by atoms with E-state index in [0.29, 0.717) is 18.6 Å².